The van der Waals surface area contributed by atoms with Crippen LogP contribution in [0.25, 0.3) is 0 Å². The molecule has 1 aromatic heterocycles. The van der Waals surface area contributed by atoms with Crippen molar-refractivity contribution in [3.8, 4) is 0 Å². The third kappa shape index (κ3) is 4.35. The van der Waals surface area contributed by atoms with Crippen LogP contribution in [0.5, 0.6) is 0 Å². The highest BCUT2D eigenvalue weighted by molar-refractivity contribution is 5.91. The number of carbonyl (C=O) groups is 1. The minimum atomic E-state index is -0.525. The normalized spacial score (nSPS) is 23.6. The summed E-state index contributed by atoms with van der Waals surface area (Å²) >= 11 is 0. The van der Waals surface area contributed by atoms with Crippen molar-refractivity contribution in [2.75, 3.05) is 13.1 Å². The summed E-state index contributed by atoms with van der Waals surface area (Å²) in [5.41, 5.74) is -0.525. The predicted octanol–water partition coefficient (Wildman–Crippen LogP) is 2.48. The summed E-state index contributed by atoms with van der Waals surface area (Å²) in [6.45, 7) is 6.84. The molecule has 1 aromatic rings. The third-order valence-electron chi connectivity index (χ3n) is 4.21. The first kappa shape index (κ1) is 17.4. The molecule has 2 aliphatic heterocycles. The van der Waals surface area contributed by atoms with Crippen LogP contribution in [-0.2, 0) is 4.74 Å². The number of ether oxygens (including phenoxy) is 1. The first-order valence-corrected chi connectivity index (χ1v) is 8.66. The van der Waals surface area contributed by atoms with Gasteiger partial charge in [-0.15, -0.1) is 0 Å². The molecular formula is C18H25N5O2. The lowest BCUT2D eigenvalue weighted by Gasteiger charge is -2.40. The molecule has 1 amide bonds. The van der Waals surface area contributed by atoms with Crippen molar-refractivity contribution in [3.05, 3.63) is 36.6 Å². The van der Waals surface area contributed by atoms with Gasteiger partial charge < -0.3 is 10.1 Å². The summed E-state index contributed by atoms with van der Waals surface area (Å²) in [6.07, 6.45) is 8.57. The van der Waals surface area contributed by atoms with E-state index >= 15 is 0 Å². The second-order valence-corrected chi connectivity index (χ2v) is 7.29. The molecule has 0 saturated carbocycles. The van der Waals surface area contributed by atoms with E-state index in [2.05, 4.69) is 20.3 Å². The Hall–Kier alpha value is -2.44. The fourth-order valence-corrected chi connectivity index (χ4v) is 3.11. The van der Waals surface area contributed by atoms with Gasteiger partial charge in [-0.25, -0.2) is 14.8 Å². The fourth-order valence-electron chi connectivity index (χ4n) is 3.11. The van der Waals surface area contributed by atoms with E-state index in [0.29, 0.717) is 13.1 Å². The largest absolute Gasteiger partial charge is 0.444 e. The molecule has 1 saturated heterocycles. The second-order valence-electron chi connectivity index (χ2n) is 7.29. The number of amidine groups is 1. The van der Waals surface area contributed by atoms with Crippen molar-refractivity contribution in [2.24, 2.45) is 4.99 Å². The zero-order valence-corrected chi connectivity index (χ0v) is 15.0. The van der Waals surface area contributed by atoms with Gasteiger partial charge in [-0.2, -0.15) is 0 Å². The van der Waals surface area contributed by atoms with Gasteiger partial charge in [-0.1, -0.05) is 0 Å². The van der Waals surface area contributed by atoms with E-state index in [1.54, 1.807) is 17.3 Å². The van der Waals surface area contributed by atoms with E-state index in [0.717, 1.165) is 24.5 Å². The number of amides is 1. The molecule has 3 heterocycles. The van der Waals surface area contributed by atoms with Gasteiger partial charge >= 0.3 is 6.09 Å². The van der Waals surface area contributed by atoms with Crippen molar-refractivity contribution in [1.82, 2.24) is 20.2 Å². The molecule has 3 rings (SSSR count). The van der Waals surface area contributed by atoms with E-state index in [1.807, 2.05) is 39.1 Å². The maximum Gasteiger partial charge on any atom is 0.410 e. The van der Waals surface area contributed by atoms with Gasteiger partial charge in [0.25, 0.3) is 0 Å². The van der Waals surface area contributed by atoms with E-state index < -0.39 is 5.60 Å². The Kier molecular flexibility index (Phi) is 5.01. The van der Waals surface area contributed by atoms with Gasteiger partial charge in [0.15, 0.2) is 0 Å². The Morgan fingerprint density at radius 3 is 2.72 bits per heavy atom. The third-order valence-corrected chi connectivity index (χ3v) is 4.21. The highest BCUT2D eigenvalue weighted by Gasteiger charge is 2.38. The minimum absolute atomic E-state index is 0.164. The monoisotopic (exact) mass is 343 g/mol. The Balaban J connectivity index is 1.81. The van der Waals surface area contributed by atoms with Crippen LogP contribution in [0, 0.1) is 0 Å². The number of likely N-dealkylation sites (tertiary alicyclic amines) is 1. The highest BCUT2D eigenvalue weighted by atomic mass is 16.6. The molecule has 2 atom stereocenters. The molecule has 134 valence electrons. The van der Waals surface area contributed by atoms with Crippen LogP contribution < -0.4 is 5.32 Å². The Morgan fingerprint density at radius 2 is 2.08 bits per heavy atom. The SMILES string of the molecule is CC(C)(C)OC(=O)N1CCC(c2ncccn2)CC1C1=NCC=CN1. The quantitative estimate of drug-likeness (QED) is 0.892. The van der Waals surface area contributed by atoms with Crippen LogP contribution >= 0.6 is 0 Å². The van der Waals surface area contributed by atoms with Crippen LogP contribution in [0.3, 0.4) is 0 Å². The minimum Gasteiger partial charge on any atom is -0.444 e. The lowest BCUT2D eigenvalue weighted by molar-refractivity contribution is 0.0148. The smallest absolute Gasteiger partial charge is 0.410 e. The highest BCUT2D eigenvalue weighted by Crippen LogP contribution is 2.31. The number of nitrogens with zero attached hydrogens (tertiary/aromatic N) is 4. The molecule has 0 aromatic carbocycles. The number of aliphatic imine (C=N–C) groups is 1. The van der Waals surface area contributed by atoms with Crippen LogP contribution in [0.4, 0.5) is 4.79 Å². The fraction of sp³-hybridized carbons (Fsp3) is 0.556. The molecule has 25 heavy (non-hydrogen) atoms. The van der Waals surface area contributed by atoms with E-state index in [1.165, 1.54) is 0 Å². The summed E-state index contributed by atoms with van der Waals surface area (Å²) in [5, 5.41) is 3.19. The molecule has 7 heteroatoms. The molecule has 7 nitrogen and oxygen atoms in total. The number of aromatic nitrogens is 2. The zero-order valence-electron chi connectivity index (χ0n) is 15.0. The van der Waals surface area contributed by atoms with E-state index in [-0.39, 0.29) is 18.1 Å². The first-order valence-electron chi connectivity index (χ1n) is 8.66. The van der Waals surface area contributed by atoms with Crippen molar-refractivity contribution in [2.45, 2.75) is 51.2 Å². The molecule has 0 spiro atoms. The Morgan fingerprint density at radius 1 is 1.32 bits per heavy atom. The molecule has 0 radical (unpaired) electrons. The van der Waals surface area contributed by atoms with Gasteiger partial charge in [0.2, 0.25) is 0 Å². The number of hydrogen-bond acceptors (Lipinski definition) is 6. The molecule has 2 aliphatic rings. The Labute approximate surface area is 148 Å². The lowest BCUT2D eigenvalue weighted by Crippen LogP contribution is -2.54. The van der Waals surface area contributed by atoms with E-state index in [9.17, 15) is 4.79 Å². The van der Waals surface area contributed by atoms with Crippen LogP contribution in [0.15, 0.2) is 35.7 Å². The molecular weight excluding hydrogens is 318 g/mol. The van der Waals surface area contributed by atoms with Gasteiger partial charge in [-0.05, 0) is 45.8 Å². The lowest BCUT2D eigenvalue weighted by atomic mass is 9.89. The molecule has 0 bridgehead atoms. The van der Waals surface area contributed by atoms with Crippen LogP contribution in [0.2, 0.25) is 0 Å². The predicted molar refractivity (Wildman–Crippen MR) is 95.3 cm³/mol. The first-order chi connectivity index (χ1) is 11.9. The molecule has 2 unspecified atom stereocenters. The average Bonchev–Trinajstić information content (AvgIpc) is 2.61. The number of nitrogens with one attached hydrogen (secondary N) is 1. The maximum absolute atomic E-state index is 12.7. The molecule has 1 N–H and O–H groups in total. The standard InChI is InChI=1S/C18H25N5O2/c1-18(2,3)25-17(24)23-11-6-13(15-19-7-4-8-20-15)12-14(23)16-21-9-5-10-22-16/h4-5,7-9,13-14H,6,10-12H2,1-3H3,(H,21,22). The summed E-state index contributed by atoms with van der Waals surface area (Å²) in [5.74, 6) is 1.82. The summed E-state index contributed by atoms with van der Waals surface area (Å²) in [4.78, 5) is 27.8. The number of piperidine rings is 1. The summed E-state index contributed by atoms with van der Waals surface area (Å²) in [7, 11) is 0. The van der Waals surface area contributed by atoms with Crippen molar-refractivity contribution in [3.63, 3.8) is 0 Å². The zero-order chi connectivity index (χ0) is 17.9. The number of carbonyl (C=O) groups excluding carboxylic acids is 1. The van der Waals surface area contributed by atoms with Crippen LogP contribution in [0.1, 0.15) is 45.4 Å². The molecule has 0 aliphatic carbocycles. The maximum atomic E-state index is 12.7. The average molecular weight is 343 g/mol. The Bertz CT molecular complexity index is 666. The number of hydrogen-bond donors (Lipinski definition) is 1. The van der Waals surface area contributed by atoms with Crippen molar-refractivity contribution in [1.29, 1.82) is 0 Å². The second kappa shape index (κ2) is 7.21. The van der Waals surface area contributed by atoms with Gasteiger partial charge in [-0.3, -0.25) is 9.89 Å². The van der Waals surface area contributed by atoms with E-state index in [4.69, 9.17) is 4.74 Å². The summed E-state index contributed by atoms with van der Waals surface area (Å²) in [6, 6.07) is 1.65. The van der Waals surface area contributed by atoms with Crippen molar-refractivity contribution >= 4 is 11.9 Å². The topological polar surface area (TPSA) is 79.7 Å². The van der Waals surface area contributed by atoms with Crippen LogP contribution in [-0.4, -0.2) is 51.5 Å². The van der Waals surface area contributed by atoms with Gasteiger partial charge in [0.05, 0.1) is 12.6 Å². The number of rotatable bonds is 2. The van der Waals surface area contributed by atoms with Gasteiger partial charge in [0.1, 0.15) is 17.3 Å². The van der Waals surface area contributed by atoms with Gasteiger partial charge in [0, 0.05) is 31.1 Å². The summed E-state index contributed by atoms with van der Waals surface area (Å²) < 4.78 is 5.59. The molecule has 1 fully saturated rings. The van der Waals surface area contributed by atoms with Crippen molar-refractivity contribution < 1.29 is 9.53 Å².